The van der Waals surface area contributed by atoms with E-state index in [1.807, 2.05) is 0 Å². The highest BCUT2D eigenvalue weighted by atomic mass is 35.5. The van der Waals surface area contributed by atoms with Gasteiger partial charge >= 0.3 is 6.61 Å². The molecule has 0 saturated carbocycles. The second-order valence-corrected chi connectivity index (χ2v) is 5.17. The highest BCUT2D eigenvalue weighted by Gasteiger charge is 2.42. The molecular formula is C14H17ClF4N2O2. The van der Waals surface area contributed by atoms with Gasteiger partial charge in [-0.25, -0.2) is 8.78 Å². The molecule has 1 aliphatic rings. The van der Waals surface area contributed by atoms with Crippen molar-refractivity contribution < 1.29 is 27.1 Å². The van der Waals surface area contributed by atoms with Crippen LogP contribution in [-0.4, -0.2) is 31.0 Å². The third kappa shape index (κ3) is 5.54. The second kappa shape index (κ2) is 7.83. The van der Waals surface area contributed by atoms with Gasteiger partial charge in [-0.2, -0.15) is 8.78 Å². The first kappa shape index (κ1) is 19.5. The molecule has 1 aliphatic heterocycles. The average Bonchev–Trinajstić information content (AvgIpc) is 2.79. The molecule has 2 unspecified atom stereocenters. The van der Waals surface area contributed by atoms with Crippen molar-refractivity contribution in [3.63, 3.8) is 0 Å². The van der Waals surface area contributed by atoms with Crippen LogP contribution in [-0.2, 0) is 4.79 Å². The topological polar surface area (TPSA) is 50.4 Å². The number of carbonyl (C=O) groups excluding carboxylic acids is 1. The maximum absolute atomic E-state index is 13.0. The van der Waals surface area contributed by atoms with Crippen molar-refractivity contribution >= 4 is 18.3 Å². The molecule has 23 heavy (non-hydrogen) atoms. The molecule has 0 spiro atoms. The first-order valence-electron chi connectivity index (χ1n) is 6.73. The Morgan fingerprint density at radius 2 is 1.96 bits per heavy atom. The Hall–Kier alpha value is -1.54. The number of ether oxygens (including phenoxy) is 1. The molecule has 2 atom stereocenters. The first-order valence-corrected chi connectivity index (χ1v) is 6.73. The molecule has 4 nitrogen and oxygen atoms in total. The highest BCUT2D eigenvalue weighted by molar-refractivity contribution is 5.85. The Balaban J connectivity index is 0.00000264. The molecule has 9 heteroatoms. The summed E-state index contributed by atoms with van der Waals surface area (Å²) >= 11 is 0. The molecule has 1 saturated heterocycles. The Labute approximate surface area is 137 Å². The zero-order valence-electron chi connectivity index (χ0n) is 12.2. The SMILES string of the molecule is CC(NC(=O)C1CC(F)(F)CN1)c1ccc(OC(F)F)cc1.Cl. The van der Waals surface area contributed by atoms with Crippen LogP contribution in [0.25, 0.3) is 0 Å². The normalized spacial score (nSPS) is 20.7. The third-order valence-corrected chi connectivity index (χ3v) is 3.39. The van der Waals surface area contributed by atoms with E-state index in [1.165, 1.54) is 24.3 Å². The summed E-state index contributed by atoms with van der Waals surface area (Å²) in [6, 6.07) is 4.39. The van der Waals surface area contributed by atoms with Crippen molar-refractivity contribution in [2.75, 3.05) is 6.54 Å². The summed E-state index contributed by atoms with van der Waals surface area (Å²) in [4.78, 5) is 11.9. The predicted molar refractivity (Wildman–Crippen MR) is 78.2 cm³/mol. The monoisotopic (exact) mass is 356 g/mol. The lowest BCUT2D eigenvalue weighted by Crippen LogP contribution is -2.41. The van der Waals surface area contributed by atoms with Crippen molar-refractivity contribution in [3.8, 4) is 5.75 Å². The van der Waals surface area contributed by atoms with Gasteiger partial charge in [0.05, 0.1) is 18.6 Å². The maximum Gasteiger partial charge on any atom is 0.387 e. The van der Waals surface area contributed by atoms with Crippen LogP contribution >= 0.6 is 12.4 Å². The van der Waals surface area contributed by atoms with Crippen molar-refractivity contribution in [2.45, 2.75) is 38.0 Å². The zero-order valence-corrected chi connectivity index (χ0v) is 13.0. The fourth-order valence-electron chi connectivity index (χ4n) is 2.24. The van der Waals surface area contributed by atoms with Gasteiger partial charge in [-0.15, -0.1) is 12.4 Å². The molecule has 2 N–H and O–H groups in total. The quantitative estimate of drug-likeness (QED) is 0.798. The molecule has 130 valence electrons. The van der Waals surface area contributed by atoms with Gasteiger partial charge < -0.3 is 10.1 Å². The molecule has 1 heterocycles. The van der Waals surface area contributed by atoms with Crippen LogP contribution in [0, 0.1) is 0 Å². The second-order valence-electron chi connectivity index (χ2n) is 5.17. The minimum absolute atomic E-state index is 0. The molecule has 1 amide bonds. The summed E-state index contributed by atoms with van der Waals surface area (Å²) in [6.45, 7) is -1.74. The lowest BCUT2D eigenvalue weighted by Gasteiger charge is -2.18. The summed E-state index contributed by atoms with van der Waals surface area (Å²) in [6.07, 6.45) is -0.535. The molecule has 1 aromatic carbocycles. The molecule has 1 fully saturated rings. The first-order chi connectivity index (χ1) is 10.3. The van der Waals surface area contributed by atoms with Crippen LogP contribution < -0.4 is 15.4 Å². The number of alkyl halides is 4. The molecule has 0 aromatic heterocycles. The summed E-state index contributed by atoms with van der Waals surface area (Å²) < 4.78 is 54.4. The average molecular weight is 357 g/mol. The van der Waals surface area contributed by atoms with E-state index in [9.17, 15) is 22.4 Å². The summed E-state index contributed by atoms with van der Waals surface area (Å²) in [7, 11) is 0. The molecule has 2 rings (SSSR count). The van der Waals surface area contributed by atoms with Crippen molar-refractivity contribution in [1.82, 2.24) is 10.6 Å². The number of hydrogen-bond donors (Lipinski definition) is 2. The van der Waals surface area contributed by atoms with Crippen LogP contribution in [0.3, 0.4) is 0 Å². The van der Waals surface area contributed by atoms with Crippen LogP contribution in [0.2, 0.25) is 0 Å². The van der Waals surface area contributed by atoms with E-state index in [4.69, 9.17) is 0 Å². The number of benzene rings is 1. The summed E-state index contributed by atoms with van der Waals surface area (Å²) in [5.41, 5.74) is 0.653. The van der Waals surface area contributed by atoms with Gasteiger partial charge in [0.2, 0.25) is 5.91 Å². The summed E-state index contributed by atoms with van der Waals surface area (Å²) in [5, 5.41) is 5.08. The van der Waals surface area contributed by atoms with Crippen LogP contribution in [0.15, 0.2) is 24.3 Å². The van der Waals surface area contributed by atoms with Crippen LogP contribution in [0.4, 0.5) is 17.6 Å². The predicted octanol–water partition coefficient (Wildman–Crippen LogP) is 2.88. The van der Waals surface area contributed by atoms with E-state index in [0.717, 1.165) is 0 Å². The van der Waals surface area contributed by atoms with E-state index < -0.39 is 43.5 Å². The minimum atomic E-state index is -2.90. The molecule has 0 radical (unpaired) electrons. The number of nitrogens with one attached hydrogen (secondary N) is 2. The number of hydrogen-bond acceptors (Lipinski definition) is 3. The fraction of sp³-hybridized carbons (Fsp3) is 0.500. The minimum Gasteiger partial charge on any atom is -0.435 e. The Kier molecular flexibility index (Phi) is 6.64. The van der Waals surface area contributed by atoms with E-state index >= 15 is 0 Å². The lowest BCUT2D eigenvalue weighted by atomic mass is 10.1. The van der Waals surface area contributed by atoms with E-state index in [2.05, 4.69) is 15.4 Å². The van der Waals surface area contributed by atoms with E-state index in [1.54, 1.807) is 6.92 Å². The summed E-state index contributed by atoms with van der Waals surface area (Å²) in [5.74, 6) is -3.38. The van der Waals surface area contributed by atoms with Gasteiger partial charge in [0.25, 0.3) is 5.92 Å². The lowest BCUT2D eigenvalue weighted by molar-refractivity contribution is -0.124. The Morgan fingerprint density at radius 1 is 1.35 bits per heavy atom. The molecule has 0 aliphatic carbocycles. The number of rotatable bonds is 5. The molecule has 1 aromatic rings. The maximum atomic E-state index is 13.0. The van der Waals surface area contributed by atoms with Crippen molar-refractivity contribution in [3.05, 3.63) is 29.8 Å². The fourth-order valence-corrected chi connectivity index (χ4v) is 2.24. The highest BCUT2D eigenvalue weighted by Crippen LogP contribution is 2.26. The van der Waals surface area contributed by atoms with Gasteiger partial charge in [0.1, 0.15) is 5.75 Å². The Morgan fingerprint density at radius 3 is 2.43 bits per heavy atom. The van der Waals surface area contributed by atoms with Crippen molar-refractivity contribution in [1.29, 1.82) is 0 Å². The standard InChI is InChI=1S/C14H16F4N2O2.ClH/c1-8(9-2-4-10(5-3-9)22-13(15)16)20-12(21)11-6-14(17,18)7-19-11;/h2-5,8,11,13,19H,6-7H2,1H3,(H,20,21);1H. The molecule has 0 bridgehead atoms. The Bertz CT molecular complexity index is 528. The van der Waals surface area contributed by atoms with Crippen molar-refractivity contribution in [2.24, 2.45) is 0 Å². The number of amides is 1. The zero-order chi connectivity index (χ0) is 16.3. The van der Waals surface area contributed by atoms with Crippen LogP contribution in [0.5, 0.6) is 5.75 Å². The largest absolute Gasteiger partial charge is 0.435 e. The van der Waals surface area contributed by atoms with Gasteiger partial charge in [0, 0.05) is 6.42 Å². The van der Waals surface area contributed by atoms with Gasteiger partial charge in [-0.05, 0) is 24.6 Å². The third-order valence-electron chi connectivity index (χ3n) is 3.39. The smallest absolute Gasteiger partial charge is 0.387 e. The number of halogens is 5. The van der Waals surface area contributed by atoms with E-state index in [0.29, 0.717) is 5.56 Å². The van der Waals surface area contributed by atoms with Crippen LogP contribution in [0.1, 0.15) is 24.9 Å². The van der Waals surface area contributed by atoms with Gasteiger partial charge in [-0.1, -0.05) is 12.1 Å². The van der Waals surface area contributed by atoms with E-state index in [-0.39, 0.29) is 18.2 Å². The molecular weight excluding hydrogens is 340 g/mol. The van der Waals surface area contributed by atoms with Gasteiger partial charge in [-0.3, -0.25) is 10.1 Å². The number of carbonyl (C=O) groups is 1. The van der Waals surface area contributed by atoms with Gasteiger partial charge in [0.15, 0.2) is 0 Å².